The molecule has 0 radical (unpaired) electrons. The first-order valence-corrected chi connectivity index (χ1v) is 11.2. The Morgan fingerprint density at radius 3 is 2.46 bits per heavy atom. The number of sulfonamides is 1. The lowest BCUT2D eigenvalue weighted by atomic mass is 10.3. The van der Waals surface area contributed by atoms with E-state index < -0.39 is 10.0 Å². The van der Waals surface area contributed by atoms with E-state index in [0.717, 1.165) is 19.4 Å². The van der Waals surface area contributed by atoms with Crippen LogP contribution in [-0.4, -0.2) is 88.0 Å². The minimum absolute atomic E-state index is 0.0802. The summed E-state index contributed by atoms with van der Waals surface area (Å²) < 4.78 is 38.4. The molecule has 3 rings (SSSR count). The molecule has 2 aliphatic rings. The van der Waals surface area contributed by atoms with Crippen LogP contribution in [0, 0.1) is 0 Å². The van der Waals surface area contributed by atoms with Gasteiger partial charge in [-0.15, -0.1) is 0 Å². The average Bonchev–Trinajstić information content (AvgIpc) is 2.72. The third-order valence-corrected chi connectivity index (χ3v) is 7.01. The van der Waals surface area contributed by atoms with Crippen molar-refractivity contribution in [1.82, 2.24) is 14.1 Å². The number of piperazine rings is 1. The summed E-state index contributed by atoms with van der Waals surface area (Å²) in [5, 5.41) is 0. The quantitative estimate of drug-likeness (QED) is 0.667. The molecule has 0 saturated carbocycles. The largest absolute Gasteiger partial charge is 0.486 e. The number of likely N-dealkylation sites (N-methyl/N-ethyl adjacent to an activating group) is 1. The van der Waals surface area contributed by atoms with Gasteiger partial charge in [-0.05, 0) is 18.6 Å². The number of ether oxygens (including phenoxy) is 2. The third kappa shape index (κ3) is 4.76. The SMILES string of the molecule is CCCCN(C)C(=O)CN1CCN(S(=O)(=O)c2ccc3c(c2)OCCO3)CC1. The van der Waals surface area contributed by atoms with Gasteiger partial charge in [-0.1, -0.05) is 13.3 Å². The summed E-state index contributed by atoms with van der Waals surface area (Å²) in [5.41, 5.74) is 0. The van der Waals surface area contributed by atoms with Crippen LogP contribution in [0.1, 0.15) is 19.8 Å². The molecule has 0 unspecified atom stereocenters. The van der Waals surface area contributed by atoms with Crippen molar-refractivity contribution in [2.45, 2.75) is 24.7 Å². The highest BCUT2D eigenvalue weighted by molar-refractivity contribution is 7.89. The Kier molecular flexibility index (Phi) is 6.79. The van der Waals surface area contributed by atoms with Crippen molar-refractivity contribution < 1.29 is 22.7 Å². The Morgan fingerprint density at radius 1 is 1.11 bits per heavy atom. The molecule has 0 N–H and O–H groups in total. The van der Waals surface area contributed by atoms with Crippen LogP contribution in [0.5, 0.6) is 11.5 Å². The Balaban J connectivity index is 1.57. The zero-order valence-electron chi connectivity index (χ0n) is 16.6. The lowest BCUT2D eigenvalue weighted by Gasteiger charge is -2.34. The van der Waals surface area contributed by atoms with Gasteiger partial charge < -0.3 is 14.4 Å². The minimum atomic E-state index is -3.60. The minimum Gasteiger partial charge on any atom is -0.486 e. The molecule has 0 aromatic heterocycles. The third-order valence-electron chi connectivity index (χ3n) is 5.11. The number of rotatable bonds is 7. The molecule has 156 valence electrons. The summed E-state index contributed by atoms with van der Waals surface area (Å²) in [6, 6.07) is 4.73. The van der Waals surface area contributed by atoms with E-state index in [9.17, 15) is 13.2 Å². The van der Waals surface area contributed by atoms with Gasteiger partial charge in [0.25, 0.3) is 0 Å². The van der Waals surface area contributed by atoms with Crippen molar-refractivity contribution in [3.63, 3.8) is 0 Å². The molecule has 1 aromatic carbocycles. The fraction of sp³-hybridized carbons (Fsp3) is 0.632. The van der Waals surface area contributed by atoms with Crippen LogP contribution in [0.25, 0.3) is 0 Å². The van der Waals surface area contributed by atoms with E-state index in [4.69, 9.17) is 9.47 Å². The van der Waals surface area contributed by atoms with Crippen molar-refractivity contribution in [2.24, 2.45) is 0 Å². The fourth-order valence-electron chi connectivity index (χ4n) is 3.29. The van der Waals surface area contributed by atoms with E-state index >= 15 is 0 Å². The maximum Gasteiger partial charge on any atom is 0.243 e. The number of nitrogens with zero attached hydrogens (tertiary/aromatic N) is 3. The molecule has 0 bridgehead atoms. The van der Waals surface area contributed by atoms with Gasteiger partial charge in [0.1, 0.15) is 13.2 Å². The molecule has 2 aliphatic heterocycles. The van der Waals surface area contributed by atoms with Gasteiger partial charge in [0.2, 0.25) is 15.9 Å². The van der Waals surface area contributed by atoms with E-state index in [1.807, 2.05) is 11.9 Å². The molecule has 1 amide bonds. The van der Waals surface area contributed by atoms with Gasteiger partial charge in [0, 0.05) is 45.8 Å². The summed E-state index contributed by atoms with van der Waals surface area (Å²) >= 11 is 0. The first-order chi connectivity index (χ1) is 13.4. The summed E-state index contributed by atoms with van der Waals surface area (Å²) in [6.07, 6.45) is 2.04. The zero-order valence-corrected chi connectivity index (χ0v) is 17.4. The first kappa shape index (κ1) is 20.9. The number of carbonyl (C=O) groups is 1. The number of carbonyl (C=O) groups excluding carboxylic acids is 1. The average molecular weight is 412 g/mol. The van der Waals surface area contributed by atoms with Gasteiger partial charge in [-0.25, -0.2) is 8.42 Å². The van der Waals surface area contributed by atoms with Gasteiger partial charge in [0.05, 0.1) is 11.4 Å². The van der Waals surface area contributed by atoms with Crippen LogP contribution in [0.15, 0.2) is 23.1 Å². The van der Waals surface area contributed by atoms with E-state index in [-0.39, 0.29) is 10.8 Å². The number of benzene rings is 1. The molecule has 9 heteroatoms. The summed E-state index contributed by atoms with van der Waals surface area (Å²) in [7, 11) is -1.78. The molecule has 1 saturated heterocycles. The Morgan fingerprint density at radius 2 is 1.79 bits per heavy atom. The molecule has 2 heterocycles. The molecular weight excluding hydrogens is 382 g/mol. The van der Waals surface area contributed by atoms with Crippen molar-refractivity contribution in [3.05, 3.63) is 18.2 Å². The molecule has 8 nitrogen and oxygen atoms in total. The Bertz CT molecular complexity index is 791. The molecule has 28 heavy (non-hydrogen) atoms. The van der Waals surface area contributed by atoms with Crippen molar-refractivity contribution in [3.8, 4) is 11.5 Å². The fourth-order valence-corrected chi connectivity index (χ4v) is 4.73. The van der Waals surface area contributed by atoms with Crippen LogP contribution in [0.3, 0.4) is 0 Å². The Hall–Kier alpha value is -1.84. The highest BCUT2D eigenvalue weighted by atomic mass is 32.2. The van der Waals surface area contributed by atoms with Gasteiger partial charge >= 0.3 is 0 Å². The zero-order chi connectivity index (χ0) is 20.1. The standard InChI is InChI=1S/C19H29N3O5S/c1-3-4-7-20(2)19(23)15-21-8-10-22(11-9-21)28(24,25)16-5-6-17-18(14-16)27-13-12-26-17/h5-6,14H,3-4,7-13,15H2,1-2H3. The smallest absolute Gasteiger partial charge is 0.243 e. The summed E-state index contributed by atoms with van der Waals surface area (Å²) in [6.45, 7) is 5.87. The number of fused-ring (bicyclic) bond motifs is 1. The second-order valence-corrected chi connectivity index (χ2v) is 9.09. The van der Waals surface area contributed by atoms with Crippen LogP contribution in [0.2, 0.25) is 0 Å². The first-order valence-electron chi connectivity index (χ1n) is 9.78. The van der Waals surface area contributed by atoms with Crippen LogP contribution in [0.4, 0.5) is 0 Å². The van der Waals surface area contributed by atoms with Gasteiger partial charge in [-0.3, -0.25) is 9.69 Å². The number of hydrogen-bond donors (Lipinski definition) is 0. The highest BCUT2D eigenvalue weighted by Gasteiger charge is 2.30. The summed E-state index contributed by atoms with van der Waals surface area (Å²) in [5.74, 6) is 1.11. The molecule has 1 fully saturated rings. The van der Waals surface area contributed by atoms with Crippen molar-refractivity contribution in [1.29, 1.82) is 0 Å². The molecular formula is C19H29N3O5S. The second kappa shape index (κ2) is 9.11. The number of unbranched alkanes of at least 4 members (excludes halogenated alkanes) is 1. The molecule has 0 atom stereocenters. The van der Waals surface area contributed by atoms with E-state index in [0.29, 0.717) is 57.4 Å². The topological polar surface area (TPSA) is 79.4 Å². The maximum absolute atomic E-state index is 13.0. The number of amides is 1. The molecule has 0 aliphatic carbocycles. The molecule has 0 spiro atoms. The predicted octanol–water partition coefficient (Wildman–Crippen LogP) is 1.02. The van der Waals surface area contributed by atoms with Gasteiger partial charge in [-0.2, -0.15) is 4.31 Å². The van der Waals surface area contributed by atoms with Crippen molar-refractivity contribution >= 4 is 15.9 Å². The number of hydrogen-bond acceptors (Lipinski definition) is 6. The van der Waals surface area contributed by atoms with Crippen molar-refractivity contribution in [2.75, 3.05) is 59.5 Å². The Labute approximate surface area is 167 Å². The lowest BCUT2D eigenvalue weighted by Crippen LogP contribution is -2.51. The van der Waals surface area contributed by atoms with Crippen LogP contribution in [-0.2, 0) is 14.8 Å². The second-order valence-electron chi connectivity index (χ2n) is 7.15. The summed E-state index contributed by atoms with van der Waals surface area (Å²) in [4.78, 5) is 16.3. The maximum atomic E-state index is 13.0. The van der Waals surface area contributed by atoms with Gasteiger partial charge in [0.15, 0.2) is 11.5 Å². The van der Waals surface area contributed by atoms with E-state index in [2.05, 4.69) is 6.92 Å². The highest BCUT2D eigenvalue weighted by Crippen LogP contribution is 2.33. The normalized spacial score (nSPS) is 18.1. The monoisotopic (exact) mass is 411 g/mol. The predicted molar refractivity (Wildman–Crippen MR) is 105 cm³/mol. The van der Waals surface area contributed by atoms with E-state index in [1.54, 1.807) is 17.0 Å². The van der Waals surface area contributed by atoms with E-state index in [1.165, 1.54) is 10.4 Å². The lowest BCUT2D eigenvalue weighted by molar-refractivity contribution is -0.131. The van der Waals surface area contributed by atoms with Crippen LogP contribution < -0.4 is 9.47 Å². The molecule has 1 aromatic rings. The van der Waals surface area contributed by atoms with Crippen LogP contribution >= 0.6 is 0 Å².